The highest BCUT2D eigenvalue weighted by atomic mass is 35.5. The molecule has 140 valence electrons. The number of carbonyl (C=O) groups is 2. The number of halogens is 1. The van der Waals surface area contributed by atoms with Gasteiger partial charge in [0.1, 0.15) is 0 Å². The highest BCUT2D eigenvalue weighted by Gasteiger charge is 2.29. The van der Waals surface area contributed by atoms with Gasteiger partial charge in [-0.15, -0.1) is 0 Å². The van der Waals surface area contributed by atoms with Gasteiger partial charge in [-0.05, 0) is 49.5 Å². The van der Waals surface area contributed by atoms with Crippen molar-refractivity contribution in [1.82, 2.24) is 9.80 Å². The van der Waals surface area contributed by atoms with E-state index in [1.807, 2.05) is 34.1 Å². The van der Waals surface area contributed by atoms with Crippen molar-refractivity contribution < 1.29 is 9.59 Å². The van der Waals surface area contributed by atoms with Crippen LogP contribution in [0.3, 0.4) is 0 Å². The van der Waals surface area contributed by atoms with E-state index in [9.17, 15) is 9.59 Å². The summed E-state index contributed by atoms with van der Waals surface area (Å²) in [5, 5.41) is 0.660. The van der Waals surface area contributed by atoms with Gasteiger partial charge in [0.15, 0.2) is 0 Å². The SMILES string of the molecule is O=C(/C=C/c1cccc(Cl)c1)N1CCC(C(=O)N2CCCCCC2)CC1. The van der Waals surface area contributed by atoms with Crippen LogP contribution in [0.25, 0.3) is 6.08 Å². The molecule has 0 aliphatic carbocycles. The lowest BCUT2D eigenvalue weighted by Gasteiger charge is -2.33. The van der Waals surface area contributed by atoms with Crippen LogP contribution in [0.5, 0.6) is 0 Å². The van der Waals surface area contributed by atoms with Gasteiger partial charge in [-0.3, -0.25) is 9.59 Å². The van der Waals surface area contributed by atoms with Crippen LogP contribution >= 0.6 is 11.6 Å². The average Bonchev–Trinajstić information content (AvgIpc) is 2.95. The molecule has 0 saturated carbocycles. The van der Waals surface area contributed by atoms with Crippen molar-refractivity contribution >= 4 is 29.5 Å². The van der Waals surface area contributed by atoms with Gasteiger partial charge < -0.3 is 9.80 Å². The molecule has 1 aromatic carbocycles. The molecule has 26 heavy (non-hydrogen) atoms. The van der Waals surface area contributed by atoms with Gasteiger partial charge in [0, 0.05) is 43.2 Å². The highest BCUT2D eigenvalue weighted by molar-refractivity contribution is 6.30. The van der Waals surface area contributed by atoms with Crippen molar-refractivity contribution in [3.8, 4) is 0 Å². The minimum Gasteiger partial charge on any atom is -0.342 e. The van der Waals surface area contributed by atoms with E-state index in [1.54, 1.807) is 12.2 Å². The standard InChI is InChI=1S/C21H27ClN2O2/c22-19-7-5-6-17(16-19)8-9-20(25)23-14-10-18(11-15-23)21(26)24-12-3-1-2-4-13-24/h5-9,16,18H,1-4,10-15H2/b9-8+. The number of benzene rings is 1. The van der Waals surface area contributed by atoms with Crippen LogP contribution in [0.4, 0.5) is 0 Å². The summed E-state index contributed by atoms with van der Waals surface area (Å²) >= 11 is 5.96. The molecule has 2 amide bonds. The number of rotatable bonds is 3. The lowest BCUT2D eigenvalue weighted by Crippen LogP contribution is -2.44. The Bertz CT molecular complexity index is 658. The molecule has 0 radical (unpaired) electrons. The molecule has 0 atom stereocenters. The summed E-state index contributed by atoms with van der Waals surface area (Å²) in [7, 11) is 0. The third kappa shape index (κ3) is 5.10. The lowest BCUT2D eigenvalue weighted by molar-refractivity contribution is -0.139. The minimum absolute atomic E-state index is 0.00523. The molecule has 4 nitrogen and oxygen atoms in total. The maximum Gasteiger partial charge on any atom is 0.246 e. The predicted octanol–water partition coefficient (Wildman–Crippen LogP) is 3.99. The average molecular weight is 375 g/mol. The first kappa shape index (κ1) is 19.0. The van der Waals surface area contributed by atoms with Crippen LogP contribution in [0, 0.1) is 5.92 Å². The summed E-state index contributed by atoms with van der Waals surface area (Å²) in [6.45, 7) is 3.12. The Kier molecular flexibility index (Phi) is 6.73. The van der Waals surface area contributed by atoms with Gasteiger partial charge in [0.2, 0.25) is 11.8 Å². The molecule has 0 spiro atoms. The summed E-state index contributed by atoms with van der Waals surface area (Å²) in [6.07, 6.45) is 9.64. The van der Waals surface area contributed by atoms with Crippen LogP contribution < -0.4 is 0 Å². The Morgan fingerprint density at radius 3 is 2.31 bits per heavy atom. The normalized spacial score (nSPS) is 19.6. The van der Waals surface area contributed by atoms with E-state index in [4.69, 9.17) is 11.6 Å². The Morgan fingerprint density at radius 1 is 0.962 bits per heavy atom. The second-order valence-electron chi connectivity index (χ2n) is 7.23. The third-order valence-electron chi connectivity index (χ3n) is 5.34. The predicted molar refractivity (Wildman–Crippen MR) is 105 cm³/mol. The van der Waals surface area contributed by atoms with E-state index in [0.717, 1.165) is 44.3 Å². The maximum absolute atomic E-state index is 12.7. The molecular formula is C21H27ClN2O2. The molecule has 5 heteroatoms. The molecule has 0 aromatic heterocycles. The zero-order valence-corrected chi connectivity index (χ0v) is 16.0. The van der Waals surface area contributed by atoms with Crippen molar-refractivity contribution in [3.63, 3.8) is 0 Å². The van der Waals surface area contributed by atoms with Crippen LogP contribution in [0.1, 0.15) is 44.1 Å². The summed E-state index contributed by atoms with van der Waals surface area (Å²) in [6, 6.07) is 7.43. The van der Waals surface area contributed by atoms with E-state index < -0.39 is 0 Å². The number of hydrogen-bond acceptors (Lipinski definition) is 2. The Morgan fingerprint density at radius 2 is 1.65 bits per heavy atom. The van der Waals surface area contributed by atoms with Gasteiger partial charge in [0.05, 0.1) is 0 Å². The highest BCUT2D eigenvalue weighted by Crippen LogP contribution is 2.22. The largest absolute Gasteiger partial charge is 0.342 e. The first-order chi connectivity index (χ1) is 12.6. The summed E-state index contributed by atoms with van der Waals surface area (Å²) in [4.78, 5) is 29.0. The zero-order chi connectivity index (χ0) is 18.4. The van der Waals surface area contributed by atoms with Crippen molar-refractivity contribution in [1.29, 1.82) is 0 Å². The fraction of sp³-hybridized carbons (Fsp3) is 0.524. The van der Waals surface area contributed by atoms with Crippen molar-refractivity contribution in [2.75, 3.05) is 26.2 Å². The lowest BCUT2D eigenvalue weighted by atomic mass is 9.95. The van der Waals surface area contributed by atoms with E-state index >= 15 is 0 Å². The van der Waals surface area contributed by atoms with Gasteiger partial charge in [-0.25, -0.2) is 0 Å². The Balaban J connectivity index is 1.49. The molecule has 2 saturated heterocycles. The molecule has 2 aliphatic rings. The molecule has 1 aromatic rings. The van der Waals surface area contributed by atoms with Crippen molar-refractivity contribution in [3.05, 3.63) is 40.9 Å². The van der Waals surface area contributed by atoms with Crippen molar-refractivity contribution in [2.24, 2.45) is 5.92 Å². The van der Waals surface area contributed by atoms with E-state index in [1.165, 1.54) is 12.8 Å². The number of likely N-dealkylation sites (tertiary alicyclic amines) is 2. The smallest absolute Gasteiger partial charge is 0.246 e. The molecule has 2 heterocycles. The van der Waals surface area contributed by atoms with Gasteiger partial charge in [0.25, 0.3) is 0 Å². The minimum atomic E-state index is 0.00523. The molecule has 0 unspecified atom stereocenters. The summed E-state index contributed by atoms with van der Waals surface area (Å²) in [5.74, 6) is 0.383. The molecule has 0 bridgehead atoms. The van der Waals surface area contributed by atoms with E-state index in [0.29, 0.717) is 24.0 Å². The van der Waals surface area contributed by atoms with Gasteiger partial charge >= 0.3 is 0 Å². The molecular weight excluding hydrogens is 348 g/mol. The van der Waals surface area contributed by atoms with Crippen LogP contribution in [-0.4, -0.2) is 47.8 Å². The number of piperidine rings is 1. The third-order valence-corrected chi connectivity index (χ3v) is 5.58. The maximum atomic E-state index is 12.7. The van der Waals surface area contributed by atoms with Crippen LogP contribution in [0.15, 0.2) is 30.3 Å². The number of amides is 2. The monoisotopic (exact) mass is 374 g/mol. The number of nitrogens with zero attached hydrogens (tertiary/aromatic N) is 2. The fourth-order valence-electron chi connectivity index (χ4n) is 3.78. The second kappa shape index (κ2) is 9.22. The van der Waals surface area contributed by atoms with Gasteiger partial charge in [-0.1, -0.05) is 36.6 Å². The molecule has 0 N–H and O–H groups in total. The molecule has 2 fully saturated rings. The summed E-state index contributed by atoms with van der Waals surface area (Å²) in [5.41, 5.74) is 0.914. The molecule has 2 aliphatic heterocycles. The van der Waals surface area contributed by atoms with Crippen LogP contribution in [0.2, 0.25) is 5.02 Å². The van der Waals surface area contributed by atoms with Crippen LogP contribution in [-0.2, 0) is 9.59 Å². The molecule has 3 rings (SSSR count). The fourth-order valence-corrected chi connectivity index (χ4v) is 3.98. The van der Waals surface area contributed by atoms with E-state index in [-0.39, 0.29) is 11.8 Å². The Hall–Kier alpha value is -1.81. The summed E-state index contributed by atoms with van der Waals surface area (Å²) < 4.78 is 0. The quantitative estimate of drug-likeness (QED) is 0.750. The van der Waals surface area contributed by atoms with Gasteiger partial charge in [-0.2, -0.15) is 0 Å². The first-order valence-corrected chi connectivity index (χ1v) is 10.0. The zero-order valence-electron chi connectivity index (χ0n) is 15.2. The first-order valence-electron chi connectivity index (χ1n) is 9.65. The number of hydrogen-bond donors (Lipinski definition) is 0. The Labute approximate surface area is 160 Å². The van der Waals surface area contributed by atoms with E-state index in [2.05, 4.69) is 0 Å². The second-order valence-corrected chi connectivity index (χ2v) is 7.66. The topological polar surface area (TPSA) is 40.6 Å². The van der Waals surface area contributed by atoms with Crippen molar-refractivity contribution in [2.45, 2.75) is 38.5 Å². The number of carbonyl (C=O) groups excluding carboxylic acids is 2.